The van der Waals surface area contributed by atoms with Crippen molar-refractivity contribution in [1.29, 1.82) is 0 Å². The third kappa shape index (κ3) is 3.54. The summed E-state index contributed by atoms with van der Waals surface area (Å²) in [5, 5.41) is 0.267. The third-order valence-electron chi connectivity index (χ3n) is 5.85. The molecule has 156 valence electrons. The molecule has 1 amide bonds. The summed E-state index contributed by atoms with van der Waals surface area (Å²) in [6, 6.07) is 9.89. The van der Waals surface area contributed by atoms with E-state index >= 15 is 0 Å². The lowest BCUT2D eigenvalue weighted by molar-refractivity contribution is 0.0628. The Hall–Kier alpha value is -3.26. The minimum absolute atomic E-state index is 0.143. The van der Waals surface area contributed by atoms with E-state index < -0.39 is 11.2 Å². The molecule has 0 aliphatic carbocycles. The van der Waals surface area contributed by atoms with E-state index in [0.29, 0.717) is 18.7 Å². The zero-order chi connectivity index (χ0) is 21.4. The van der Waals surface area contributed by atoms with E-state index in [1.54, 1.807) is 18.0 Å². The minimum Gasteiger partial charge on any atom is -0.336 e. The summed E-state index contributed by atoms with van der Waals surface area (Å²) in [7, 11) is 2.98. The largest absolute Gasteiger partial charge is 0.336 e. The Morgan fingerprint density at radius 2 is 1.73 bits per heavy atom. The molecule has 0 N–H and O–H groups in total. The topological polar surface area (TPSA) is 80.4 Å². The van der Waals surface area contributed by atoms with E-state index in [-0.39, 0.29) is 16.9 Å². The second-order valence-electron chi connectivity index (χ2n) is 7.80. The van der Waals surface area contributed by atoms with E-state index in [1.165, 1.54) is 28.9 Å². The number of aromatic nitrogens is 3. The molecule has 1 aliphatic rings. The maximum absolute atomic E-state index is 13.0. The number of nitrogens with zero attached hydrogens (tertiary/aromatic N) is 5. The molecule has 1 aromatic carbocycles. The molecule has 4 rings (SSSR count). The average Bonchev–Trinajstić information content (AvgIpc) is 2.77. The Bertz CT molecular complexity index is 1240. The van der Waals surface area contributed by atoms with Crippen molar-refractivity contribution < 1.29 is 4.79 Å². The highest BCUT2D eigenvalue weighted by Gasteiger charge is 2.23. The second-order valence-corrected chi connectivity index (χ2v) is 7.80. The number of rotatable bonds is 3. The lowest BCUT2D eigenvalue weighted by atomic mass is 10.1. The molecule has 8 heteroatoms. The molecule has 0 unspecified atom stereocenters. The molecule has 8 nitrogen and oxygen atoms in total. The number of aryl methyl sites for hydroxylation is 2. The summed E-state index contributed by atoms with van der Waals surface area (Å²) in [6.45, 7) is 5.80. The fourth-order valence-corrected chi connectivity index (χ4v) is 3.90. The predicted molar refractivity (Wildman–Crippen MR) is 115 cm³/mol. The Balaban J connectivity index is 1.50. The summed E-state index contributed by atoms with van der Waals surface area (Å²) in [6.07, 6.45) is 1.45. The van der Waals surface area contributed by atoms with Crippen LogP contribution in [0.15, 0.2) is 46.1 Å². The van der Waals surface area contributed by atoms with Crippen molar-refractivity contribution in [2.45, 2.75) is 13.5 Å². The maximum Gasteiger partial charge on any atom is 0.332 e. The zero-order valence-electron chi connectivity index (χ0n) is 17.5. The highest BCUT2D eigenvalue weighted by atomic mass is 16.2. The van der Waals surface area contributed by atoms with Gasteiger partial charge in [0.25, 0.3) is 11.5 Å². The van der Waals surface area contributed by atoms with Crippen molar-refractivity contribution in [3.63, 3.8) is 0 Å². The monoisotopic (exact) mass is 407 g/mol. The van der Waals surface area contributed by atoms with Gasteiger partial charge in [-0.3, -0.25) is 23.6 Å². The van der Waals surface area contributed by atoms with Crippen molar-refractivity contribution in [1.82, 2.24) is 23.9 Å². The van der Waals surface area contributed by atoms with Gasteiger partial charge in [0.1, 0.15) is 5.65 Å². The average molecular weight is 407 g/mol. The maximum atomic E-state index is 13.0. The number of hydrogen-bond acceptors (Lipinski definition) is 5. The quantitative estimate of drug-likeness (QED) is 0.645. The van der Waals surface area contributed by atoms with Crippen LogP contribution in [0.25, 0.3) is 11.0 Å². The van der Waals surface area contributed by atoms with Crippen LogP contribution >= 0.6 is 0 Å². The highest BCUT2D eigenvalue weighted by molar-refractivity contribution is 5.96. The molecular weight excluding hydrogens is 382 g/mol. The van der Waals surface area contributed by atoms with Gasteiger partial charge in [0.05, 0.1) is 10.9 Å². The SMILES string of the molecule is Cc1ccccc1CN1CCN(C(=O)c2cnc3c(c2)c(=O)n(C)c(=O)n3C)CC1. The first kappa shape index (κ1) is 20.0. The van der Waals surface area contributed by atoms with E-state index in [2.05, 4.69) is 35.0 Å². The van der Waals surface area contributed by atoms with E-state index in [1.807, 2.05) is 6.07 Å². The van der Waals surface area contributed by atoms with Crippen LogP contribution in [0, 0.1) is 6.92 Å². The number of fused-ring (bicyclic) bond motifs is 1. The molecule has 1 fully saturated rings. The number of carbonyl (C=O) groups is 1. The number of pyridine rings is 1. The Kier molecular flexibility index (Phi) is 5.26. The van der Waals surface area contributed by atoms with Gasteiger partial charge in [0.2, 0.25) is 0 Å². The molecule has 0 spiro atoms. The van der Waals surface area contributed by atoms with Crippen LogP contribution in [0.2, 0.25) is 0 Å². The molecule has 3 heterocycles. The third-order valence-corrected chi connectivity index (χ3v) is 5.85. The molecule has 0 saturated carbocycles. The predicted octanol–water partition coefficient (Wildman–Crippen LogP) is 0.899. The van der Waals surface area contributed by atoms with E-state index in [9.17, 15) is 14.4 Å². The van der Waals surface area contributed by atoms with Crippen LogP contribution in [0.3, 0.4) is 0 Å². The fraction of sp³-hybridized carbons (Fsp3) is 0.364. The van der Waals surface area contributed by atoms with Crippen molar-refractivity contribution in [3.8, 4) is 0 Å². The second kappa shape index (κ2) is 7.87. The standard InChI is InChI=1S/C22H25N5O3/c1-15-6-4-5-7-16(15)14-26-8-10-27(11-9-26)20(28)17-12-18-19(23-13-17)24(2)22(30)25(3)21(18)29/h4-7,12-13H,8-11,14H2,1-3H3. The smallest absolute Gasteiger partial charge is 0.332 e. The van der Waals surface area contributed by atoms with Gasteiger partial charge in [-0.25, -0.2) is 9.78 Å². The van der Waals surface area contributed by atoms with Crippen molar-refractivity contribution in [2.24, 2.45) is 14.1 Å². The van der Waals surface area contributed by atoms with Crippen LogP contribution in [-0.2, 0) is 20.6 Å². The van der Waals surface area contributed by atoms with Gasteiger partial charge in [-0.2, -0.15) is 0 Å². The summed E-state index contributed by atoms with van der Waals surface area (Å²) in [5.74, 6) is -0.143. The van der Waals surface area contributed by atoms with Crippen molar-refractivity contribution in [2.75, 3.05) is 26.2 Å². The fourth-order valence-electron chi connectivity index (χ4n) is 3.90. The number of carbonyl (C=O) groups excluding carboxylic acids is 1. The molecule has 0 atom stereocenters. The molecule has 0 bridgehead atoms. The van der Waals surface area contributed by atoms with Gasteiger partial charge < -0.3 is 4.90 Å². The Labute approximate surface area is 174 Å². The Morgan fingerprint density at radius 1 is 1.03 bits per heavy atom. The number of piperazine rings is 1. The molecule has 30 heavy (non-hydrogen) atoms. The van der Waals surface area contributed by atoms with Gasteiger partial charge in [-0.15, -0.1) is 0 Å². The molecule has 2 aromatic heterocycles. The first-order chi connectivity index (χ1) is 14.4. The van der Waals surface area contributed by atoms with E-state index in [0.717, 1.165) is 24.2 Å². The molecule has 0 radical (unpaired) electrons. The van der Waals surface area contributed by atoms with Crippen LogP contribution in [0.4, 0.5) is 0 Å². The van der Waals surface area contributed by atoms with Crippen molar-refractivity contribution in [3.05, 3.63) is 74.1 Å². The van der Waals surface area contributed by atoms with Crippen molar-refractivity contribution >= 4 is 16.9 Å². The van der Waals surface area contributed by atoms with Gasteiger partial charge in [-0.05, 0) is 24.1 Å². The normalized spacial score (nSPS) is 15.0. The first-order valence-corrected chi connectivity index (χ1v) is 9.98. The lowest BCUT2D eigenvalue weighted by Gasteiger charge is -2.35. The minimum atomic E-state index is -0.446. The van der Waals surface area contributed by atoms with Gasteiger partial charge >= 0.3 is 5.69 Å². The number of benzene rings is 1. The lowest BCUT2D eigenvalue weighted by Crippen LogP contribution is -2.48. The molecule has 1 saturated heterocycles. The zero-order valence-corrected chi connectivity index (χ0v) is 17.5. The van der Waals surface area contributed by atoms with Gasteiger partial charge in [-0.1, -0.05) is 24.3 Å². The molecule has 1 aliphatic heterocycles. The summed E-state index contributed by atoms with van der Waals surface area (Å²) in [4.78, 5) is 45.9. The first-order valence-electron chi connectivity index (χ1n) is 9.98. The highest BCUT2D eigenvalue weighted by Crippen LogP contribution is 2.15. The van der Waals surface area contributed by atoms with Crippen LogP contribution in [0.1, 0.15) is 21.5 Å². The summed E-state index contributed by atoms with van der Waals surface area (Å²) < 4.78 is 2.35. The van der Waals surface area contributed by atoms with E-state index in [4.69, 9.17) is 0 Å². The van der Waals surface area contributed by atoms with Gasteiger partial charge in [0, 0.05) is 53.0 Å². The van der Waals surface area contributed by atoms with Gasteiger partial charge in [0.15, 0.2) is 0 Å². The summed E-state index contributed by atoms with van der Waals surface area (Å²) >= 11 is 0. The number of hydrogen-bond donors (Lipinski definition) is 0. The van der Waals surface area contributed by atoms with Crippen LogP contribution in [-0.4, -0.2) is 56.0 Å². The summed E-state index contributed by atoms with van der Waals surface area (Å²) in [5.41, 5.74) is 2.34. The Morgan fingerprint density at radius 3 is 2.43 bits per heavy atom. The molecular formula is C22H25N5O3. The van der Waals surface area contributed by atoms with Crippen LogP contribution < -0.4 is 11.2 Å². The molecule has 3 aromatic rings. The van der Waals surface area contributed by atoms with Crippen LogP contribution in [0.5, 0.6) is 0 Å². The number of amides is 1.